The van der Waals surface area contributed by atoms with Crippen LogP contribution < -0.4 is 15.8 Å². The first kappa shape index (κ1) is 15.0. The number of nitrogens with two attached hydrogens (primary N) is 1. The second-order valence-corrected chi connectivity index (χ2v) is 4.18. The largest absolute Gasteiger partial charge is 0.491 e. The van der Waals surface area contributed by atoms with Crippen LogP contribution in [-0.4, -0.2) is 36.2 Å². The zero-order valence-electron chi connectivity index (χ0n) is 10.8. The molecule has 1 atom stereocenters. The molecule has 0 aliphatic rings. The quantitative estimate of drug-likeness (QED) is 0.599. The summed E-state index contributed by atoms with van der Waals surface area (Å²) < 4.78 is 5.39. The number of primary amides is 1. The predicted octanol–water partition coefficient (Wildman–Crippen LogP) is 0.617. The fraction of sp³-hybridized carbons (Fsp3) is 0.385. The van der Waals surface area contributed by atoms with E-state index in [2.05, 4.69) is 5.32 Å². The highest BCUT2D eigenvalue weighted by Gasteiger charge is 2.10. The summed E-state index contributed by atoms with van der Waals surface area (Å²) in [5.74, 6) is -1.05. The highest BCUT2D eigenvalue weighted by Crippen LogP contribution is 2.17. The van der Waals surface area contributed by atoms with Gasteiger partial charge in [-0.2, -0.15) is 0 Å². The van der Waals surface area contributed by atoms with E-state index in [0.29, 0.717) is 18.9 Å². The Hall–Kier alpha value is -2.08. The van der Waals surface area contributed by atoms with E-state index in [0.717, 1.165) is 0 Å². The topological polar surface area (TPSA) is 102 Å². The van der Waals surface area contributed by atoms with E-state index in [1.807, 2.05) is 6.92 Å². The van der Waals surface area contributed by atoms with Crippen LogP contribution >= 0.6 is 0 Å². The molecular formula is C13H18N2O4. The Bertz CT molecular complexity index is 448. The second kappa shape index (κ2) is 7.38. The molecule has 0 aliphatic carbocycles. The molecule has 6 nitrogen and oxygen atoms in total. The maximum absolute atomic E-state index is 10.9. The molecule has 0 bridgehead atoms. The number of nitrogens with one attached hydrogen (secondary N) is 1. The number of carboxylic acid groups (broad SMARTS) is 1. The molecule has 1 unspecified atom stereocenters. The van der Waals surface area contributed by atoms with Crippen LogP contribution in [0.5, 0.6) is 5.75 Å². The van der Waals surface area contributed by atoms with Gasteiger partial charge in [0, 0.05) is 19.0 Å². The number of carbonyl (C=O) groups excluding carboxylic acids is 1. The van der Waals surface area contributed by atoms with Crippen molar-refractivity contribution in [2.75, 3.05) is 13.2 Å². The Morgan fingerprint density at radius 1 is 1.42 bits per heavy atom. The molecule has 0 saturated carbocycles. The molecule has 1 aromatic carbocycles. The Kier molecular flexibility index (Phi) is 5.81. The predicted molar refractivity (Wildman–Crippen MR) is 70.2 cm³/mol. The van der Waals surface area contributed by atoms with Crippen LogP contribution in [0.25, 0.3) is 0 Å². The van der Waals surface area contributed by atoms with Crippen molar-refractivity contribution in [3.8, 4) is 5.75 Å². The van der Waals surface area contributed by atoms with E-state index in [9.17, 15) is 9.59 Å². The number of para-hydroxylation sites is 1. The lowest BCUT2D eigenvalue weighted by atomic mass is 10.2. The van der Waals surface area contributed by atoms with E-state index in [1.54, 1.807) is 18.2 Å². The van der Waals surface area contributed by atoms with Gasteiger partial charge in [0.2, 0.25) is 5.91 Å². The van der Waals surface area contributed by atoms with Crippen molar-refractivity contribution in [1.29, 1.82) is 0 Å². The molecule has 0 aromatic heterocycles. The van der Waals surface area contributed by atoms with Gasteiger partial charge in [-0.25, -0.2) is 4.79 Å². The lowest BCUT2D eigenvalue weighted by Crippen LogP contribution is -2.33. The number of amides is 1. The van der Waals surface area contributed by atoms with Crippen molar-refractivity contribution in [3.05, 3.63) is 29.8 Å². The molecule has 6 heteroatoms. The lowest BCUT2D eigenvalue weighted by molar-refractivity contribution is -0.118. The molecular weight excluding hydrogens is 248 g/mol. The van der Waals surface area contributed by atoms with Gasteiger partial charge < -0.3 is 20.9 Å². The summed E-state index contributed by atoms with van der Waals surface area (Å²) in [4.78, 5) is 21.6. The zero-order valence-corrected chi connectivity index (χ0v) is 10.8. The standard InChI is InChI=1S/C13H18N2O4/c1-9(8-12(14)16)15-6-7-19-11-5-3-2-4-10(11)13(17)18/h2-5,9,15H,6-8H2,1H3,(H2,14,16)(H,17,18). The van der Waals surface area contributed by atoms with E-state index in [4.69, 9.17) is 15.6 Å². The molecule has 0 aliphatic heterocycles. The van der Waals surface area contributed by atoms with Crippen LogP contribution in [-0.2, 0) is 4.79 Å². The van der Waals surface area contributed by atoms with Gasteiger partial charge in [-0.15, -0.1) is 0 Å². The molecule has 4 N–H and O–H groups in total. The Balaban J connectivity index is 2.37. The average Bonchev–Trinajstić information content (AvgIpc) is 2.34. The summed E-state index contributed by atoms with van der Waals surface area (Å²) in [6, 6.07) is 6.42. The third-order valence-electron chi connectivity index (χ3n) is 2.48. The maximum atomic E-state index is 10.9. The number of hydrogen-bond acceptors (Lipinski definition) is 4. The number of carbonyl (C=O) groups is 2. The molecule has 0 heterocycles. The third kappa shape index (κ3) is 5.39. The minimum atomic E-state index is -1.02. The summed E-state index contributed by atoms with van der Waals surface area (Å²) in [5, 5.41) is 12.0. The lowest BCUT2D eigenvalue weighted by Gasteiger charge is -2.13. The van der Waals surface area contributed by atoms with Crippen molar-refractivity contribution < 1.29 is 19.4 Å². The highest BCUT2D eigenvalue weighted by molar-refractivity contribution is 5.90. The number of hydrogen-bond donors (Lipinski definition) is 3. The SMILES string of the molecule is CC(CC(N)=O)NCCOc1ccccc1C(=O)O. The van der Waals surface area contributed by atoms with Gasteiger partial charge >= 0.3 is 5.97 Å². The molecule has 1 aromatic rings. The fourth-order valence-corrected chi connectivity index (χ4v) is 1.61. The number of rotatable bonds is 8. The van der Waals surface area contributed by atoms with Gasteiger partial charge in [0.1, 0.15) is 17.9 Å². The number of benzene rings is 1. The summed E-state index contributed by atoms with van der Waals surface area (Å²) in [6.45, 7) is 2.66. The summed E-state index contributed by atoms with van der Waals surface area (Å²) >= 11 is 0. The molecule has 1 rings (SSSR count). The van der Waals surface area contributed by atoms with Crippen molar-refractivity contribution in [3.63, 3.8) is 0 Å². The van der Waals surface area contributed by atoms with Crippen molar-refractivity contribution >= 4 is 11.9 Å². The molecule has 0 radical (unpaired) electrons. The number of aromatic carboxylic acids is 1. The highest BCUT2D eigenvalue weighted by atomic mass is 16.5. The van der Waals surface area contributed by atoms with Crippen molar-refractivity contribution in [2.24, 2.45) is 5.73 Å². The third-order valence-corrected chi connectivity index (χ3v) is 2.48. The maximum Gasteiger partial charge on any atom is 0.339 e. The van der Waals surface area contributed by atoms with E-state index >= 15 is 0 Å². The number of carboxylic acids is 1. The summed E-state index contributed by atoms with van der Waals surface area (Å²) in [5.41, 5.74) is 5.20. The summed E-state index contributed by atoms with van der Waals surface area (Å²) in [6.07, 6.45) is 0.256. The molecule has 19 heavy (non-hydrogen) atoms. The van der Waals surface area contributed by atoms with Crippen LogP contribution in [0.15, 0.2) is 24.3 Å². The van der Waals surface area contributed by atoms with Gasteiger partial charge in [-0.1, -0.05) is 12.1 Å². The first-order valence-corrected chi connectivity index (χ1v) is 5.97. The zero-order chi connectivity index (χ0) is 14.3. The van der Waals surface area contributed by atoms with Crippen LogP contribution in [0.1, 0.15) is 23.7 Å². The molecule has 0 fully saturated rings. The van der Waals surface area contributed by atoms with E-state index < -0.39 is 5.97 Å². The monoisotopic (exact) mass is 266 g/mol. The van der Waals surface area contributed by atoms with Gasteiger partial charge in [-0.3, -0.25) is 4.79 Å². The van der Waals surface area contributed by atoms with Gasteiger partial charge in [0.25, 0.3) is 0 Å². The van der Waals surface area contributed by atoms with Crippen LogP contribution in [0.2, 0.25) is 0 Å². The second-order valence-electron chi connectivity index (χ2n) is 4.18. The van der Waals surface area contributed by atoms with Gasteiger partial charge in [0.15, 0.2) is 0 Å². The smallest absolute Gasteiger partial charge is 0.339 e. The molecule has 1 amide bonds. The fourth-order valence-electron chi connectivity index (χ4n) is 1.61. The Morgan fingerprint density at radius 2 is 2.11 bits per heavy atom. The van der Waals surface area contributed by atoms with E-state index in [1.165, 1.54) is 6.07 Å². The van der Waals surface area contributed by atoms with E-state index in [-0.39, 0.29) is 23.9 Å². The van der Waals surface area contributed by atoms with Gasteiger partial charge in [0.05, 0.1) is 0 Å². The summed E-state index contributed by atoms with van der Waals surface area (Å²) in [7, 11) is 0. The first-order chi connectivity index (χ1) is 9.00. The Labute approximate surface area is 111 Å². The van der Waals surface area contributed by atoms with Crippen LogP contribution in [0.4, 0.5) is 0 Å². The minimum Gasteiger partial charge on any atom is -0.491 e. The Morgan fingerprint density at radius 3 is 2.74 bits per heavy atom. The average molecular weight is 266 g/mol. The normalized spacial score (nSPS) is 11.8. The van der Waals surface area contributed by atoms with Crippen molar-refractivity contribution in [1.82, 2.24) is 5.32 Å². The first-order valence-electron chi connectivity index (χ1n) is 5.97. The number of ether oxygens (including phenoxy) is 1. The molecule has 0 spiro atoms. The molecule has 0 saturated heterocycles. The van der Waals surface area contributed by atoms with Crippen LogP contribution in [0.3, 0.4) is 0 Å². The van der Waals surface area contributed by atoms with Crippen LogP contribution in [0, 0.1) is 0 Å². The van der Waals surface area contributed by atoms with Gasteiger partial charge in [-0.05, 0) is 19.1 Å². The molecule has 104 valence electrons. The van der Waals surface area contributed by atoms with Crippen molar-refractivity contribution in [2.45, 2.75) is 19.4 Å². The minimum absolute atomic E-state index is 0.0317.